The molecule has 0 aliphatic heterocycles. The molecule has 1 nitrogen and oxygen atoms in total. The van der Waals surface area contributed by atoms with Crippen molar-refractivity contribution in [1.82, 2.24) is 0 Å². The van der Waals surface area contributed by atoms with Crippen LogP contribution >= 0.6 is 0 Å². The molecule has 14 heavy (non-hydrogen) atoms. The third kappa shape index (κ3) is 1.08. The summed E-state index contributed by atoms with van der Waals surface area (Å²) in [5.74, 6) is 1.62. The van der Waals surface area contributed by atoms with Crippen LogP contribution in [-0.4, -0.2) is 5.11 Å². The largest absolute Gasteiger partial charge is 0.508 e. The molecule has 1 aliphatic rings. The summed E-state index contributed by atoms with van der Waals surface area (Å²) in [4.78, 5) is 0. The minimum absolute atomic E-state index is 0.188. The van der Waals surface area contributed by atoms with Crippen molar-refractivity contribution in [1.29, 1.82) is 0 Å². The molecule has 0 fully saturated rings. The van der Waals surface area contributed by atoms with E-state index in [1.165, 1.54) is 11.1 Å². The van der Waals surface area contributed by atoms with Crippen LogP contribution < -0.4 is 0 Å². The summed E-state index contributed by atoms with van der Waals surface area (Å²) >= 11 is 0. The lowest BCUT2D eigenvalue weighted by Gasteiger charge is -2.26. The molecule has 2 atom stereocenters. The lowest BCUT2D eigenvalue weighted by molar-refractivity contribution is 0.341. The van der Waals surface area contributed by atoms with E-state index >= 15 is 0 Å². The molecule has 1 heteroatoms. The third-order valence-corrected chi connectivity index (χ3v) is 4.11. The van der Waals surface area contributed by atoms with Crippen molar-refractivity contribution in [2.24, 2.45) is 5.92 Å². The first-order chi connectivity index (χ1) is 6.44. The highest BCUT2D eigenvalue weighted by molar-refractivity contribution is 5.46. The van der Waals surface area contributed by atoms with Gasteiger partial charge in [0.15, 0.2) is 0 Å². The molecule has 1 N–H and O–H groups in total. The van der Waals surface area contributed by atoms with E-state index in [2.05, 4.69) is 33.8 Å². The highest BCUT2D eigenvalue weighted by Gasteiger charge is 2.41. The molecule has 2 rings (SSSR count). The standard InChI is InChI=1S/C13H18O/c1-8-9(2)13(3,4)12-7-10(14)5-6-11(8)12/h5-9,14H,1-4H3/t8-,9-/m1/s1. The van der Waals surface area contributed by atoms with E-state index < -0.39 is 0 Å². The van der Waals surface area contributed by atoms with Crippen molar-refractivity contribution in [3.05, 3.63) is 29.3 Å². The summed E-state index contributed by atoms with van der Waals surface area (Å²) in [5, 5.41) is 9.50. The number of fused-ring (bicyclic) bond motifs is 1. The Morgan fingerprint density at radius 3 is 2.50 bits per heavy atom. The molecule has 76 valence electrons. The van der Waals surface area contributed by atoms with Crippen LogP contribution in [0.2, 0.25) is 0 Å². The van der Waals surface area contributed by atoms with Crippen molar-refractivity contribution in [3.8, 4) is 5.75 Å². The predicted molar refractivity (Wildman–Crippen MR) is 58.7 cm³/mol. The van der Waals surface area contributed by atoms with Crippen LogP contribution in [0.5, 0.6) is 5.75 Å². The van der Waals surface area contributed by atoms with Crippen molar-refractivity contribution < 1.29 is 5.11 Å². The summed E-state index contributed by atoms with van der Waals surface area (Å²) in [6.07, 6.45) is 0. The molecule has 0 bridgehead atoms. The van der Waals surface area contributed by atoms with E-state index in [0.29, 0.717) is 17.6 Å². The second-order valence-corrected chi connectivity index (χ2v) is 5.07. The first-order valence-electron chi connectivity index (χ1n) is 5.28. The van der Waals surface area contributed by atoms with Gasteiger partial charge in [0.2, 0.25) is 0 Å². The van der Waals surface area contributed by atoms with Gasteiger partial charge in [-0.15, -0.1) is 0 Å². The number of hydrogen-bond acceptors (Lipinski definition) is 1. The average molecular weight is 190 g/mol. The Morgan fingerprint density at radius 1 is 1.21 bits per heavy atom. The topological polar surface area (TPSA) is 20.2 Å². The second kappa shape index (κ2) is 2.75. The van der Waals surface area contributed by atoms with Crippen molar-refractivity contribution in [3.63, 3.8) is 0 Å². The van der Waals surface area contributed by atoms with Crippen molar-refractivity contribution in [2.75, 3.05) is 0 Å². The fourth-order valence-electron chi connectivity index (χ4n) is 2.64. The van der Waals surface area contributed by atoms with Crippen LogP contribution in [-0.2, 0) is 5.41 Å². The Bertz CT molecular complexity index is 365. The zero-order valence-corrected chi connectivity index (χ0v) is 9.33. The first-order valence-corrected chi connectivity index (χ1v) is 5.28. The summed E-state index contributed by atoms with van der Waals surface area (Å²) in [5.41, 5.74) is 2.91. The van der Waals surface area contributed by atoms with E-state index in [0.717, 1.165) is 0 Å². The normalized spacial score (nSPS) is 28.9. The Hall–Kier alpha value is -0.980. The van der Waals surface area contributed by atoms with Crippen LogP contribution in [0.3, 0.4) is 0 Å². The quantitative estimate of drug-likeness (QED) is 0.664. The van der Waals surface area contributed by atoms with Crippen LogP contribution in [0, 0.1) is 5.92 Å². The summed E-state index contributed by atoms with van der Waals surface area (Å²) in [6.45, 7) is 9.09. The zero-order valence-electron chi connectivity index (χ0n) is 9.33. The fourth-order valence-corrected chi connectivity index (χ4v) is 2.64. The van der Waals surface area contributed by atoms with Crippen LogP contribution in [0.25, 0.3) is 0 Å². The fraction of sp³-hybridized carbons (Fsp3) is 0.538. The molecule has 0 spiro atoms. The lowest BCUT2D eigenvalue weighted by Crippen LogP contribution is -2.22. The van der Waals surface area contributed by atoms with Gasteiger partial charge in [-0.1, -0.05) is 33.8 Å². The molecule has 0 aromatic heterocycles. The molecule has 1 aliphatic carbocycles. The molecule has 0 radical (unpaired) electrons. The van der Waals surface area contributed by atoms with Crippen molar-refractivity contribution in [2.45, 2.75) is 39.0 Å². The molecule has 0 saturated heterocycles. The summed E-state index contributed by atoms with van der Waals surface area (Å²) in [7, 11) is 0. The SMILES string of the molecule is C[C@@H]1[C@@H](C)c2ccc(O)cc2C1(C)C. The smallest absolute Gasteiger partial charge is 0.115 e. The van der Waals surface area contributed by atoms with Gasteiger partial charge in [0.1, 0.15) is 5.75 Å². The van der Waals surface area contributed by atoms with Gasteiger partial charge in [0.25, 0.3) is 0 Å². The van der Waals surface area contributed by atoms with Crippen LogP contribution in [0.1, 0.15) is 44.7 Å². The minimum Gasteiger partial charge on any atom is -0.508 e. The maximum absolute atomic E-state index is 9.50. The second-order valence-electron chi connectivity index (χ2n) is 5.07. The van der Waals surface area contributed by atoms with Gasteiger partial charge in [-0.2, -0.15) is 0 Å². The molecular formula is C13H18O. The first kappa shape index (κ1) is 9.57. The van der Waals surface area contributed by atoms with Gasteiger partial charge in [0, 0.05) is 0 Å². The molecule has 1 aromatic rings. The molecular weight excluding hydrogens is 172 g/mol. The van der Waals surface area contributed by atoms with Crippen LogP contribution in [0.15, 0.2) is 18.2 Å². The van der Waals surface area contributed by atoms with E-state index in [4.69, 9.17) is 0 Å². The maximum Gasteiger partial charge on any atom is 0.115 e. The van der Waals surface area contributed by atoms with E-state index in [1.54, 1.807) is 6.07 Å². The Morgan fingerprint density at radius 2 is 1.86 bits per heavy atom. The van der Waals surface area contributed by atoms with Gasteiger partial charge >= 0.3 is 0 Å². The van der Waals surface area contributed by atoms with Crippen molar-refractivity contribution >= 4 is 0 Å². The number of phenols is 1. The number of benzene rings is 1. The number of rotatable bonds is 0. The zero-order chi connectivity index (χ0) is 10.5. The van der Waals surface area contributed by atoms with Gasteiger partial charge in [-0.05, 0) is 40.5 Å². The summed E-state index contributed by atoms with van der Waals surface area (Å²) < 4.78 is 0. The monoisotopic (exact) mass is 190 g/mol. The minimum atomic E-state index is 0.188. The lowest BCUT2D eigenvalue weighted by atomic mass is 9.77. The van der Waals surface area contributed by atoms with Gasteiger partial charge < -0.3 is 5.11 Å². The van der Waals surface area contributed by atoms with E-state index in [-0.39, 0.29) is 5.41 Å². The predicted octanol–water partition coefficient (Wildman–Crippen LogP) is 3.42. The highest BCUT2D eigenvalue weighted by atomic mass is 16.3. The number of phenolic OH excluding ortho intramolecular Hbond substituents is 1. The molecule has 0 amide bonds. The number of aromatic hydroxyl groups is 1. The molecule has 0 saturated carbocycles. The molecule has 1 aromatic carbocycles. The Kier molecular flexibility index (Phi) is 1.88. The van der Waals surface area contributed by atoms with Crippen LogP contribution in [0.4, 0.5) is 0 Å². The molecule has 0 unspecified atom stereocenters. The van der Waals surface area contributed by atoms with E-state index in [1.807, 2.05) is 6.07 Å². The summed E-state index contributed by atoms with van der Waals surface area (Å²) in [6, 6.07) is 5.79. The Balaban J connectivity index is 2.63. The third-order valence-electron chi connectivity index (χ3n) is 4.11. The van der Waals surface area contributed by atoms with E-state index in [9.17, 15) is 5.11 Å². The maximum atomic E-state index is 9.50. The van der Waals surface area contributed by atoms with Gasteiger partial charge in [-0.25, -0.2) is 0 Å². The average Bonchev–Trinajstić information content (AvgIpc) is 2.29. The number of hydrogen-bond donors (Lipinski definition) is 1. The highest BCUT2D eigenvalue weighted by Crippen LogP contribution is 2.50. The Labute approximate surface area is 85.8 Å². The van der Waals surface area contributed by atoms with Gasteiger partial charge in [0.05, 0.1) is 0 Å². The van der Waals surface area contributed by atoms with Gasteiger partial charge in [-0.3, -0.25) is 0 Å². The molecule has 0 heterocycles.